The van der Waals surface area contributed by atoms with Crippen LogP contribution < -0.4 is 0 Å². The lowest BCUT2D eigenvalue weighted by Gasteiger charge is -2.20. The largest absolute Gasteiger partial charge is 0.446 e. The van der Waals surface area contributed by atoms with Crippen molar-refractivity contribution >= 4 is 39.3 Å². The molecule has 0 aromatic heterocycles. The second kappa shape index (κ2) is 6.29. The van der Waals surface area contributed by atoms with Crippen molar-refractivity contribution in [2.45, 2.75) is 13.2 Å². The molecule has 0 saturated carbocycles. The molecule has 1 heterocycles. The first-order chi connectivity index (χ1) is 11.0. The van der Waals surface area contributed by atoms with Crippen LogP contribution in [0.2, 0.25) is 5.02 Å². The fourth-order valence-electron chi connectivity index (χ4n) is 2.22. The molecular formula is C16H11BrClFN2O2. The predicted octanol–water partition coefficient (Wildman–Crippen LogP) is 4.48. The zero-order valence-electron chi connectivity index (χ0n) is 12.0. The van der Waals surface area contributed by atoms with Crippen molar-refractivity contribution in [3.05, 3.63) is 68.9 Å². The maximum Gasteiger partial charge on any atom is 0.243 e. The minimum atomic E-state index is -0.976. The summed E-state index contributed by atoms with van der Waals surface area (Å²) in [6.07, 6.45) is -0.976. The van der Waals surface area contributed by atoms with E-state index in [1.54, 1.807) is 36.4 Å². The summed E-state index contributed by atoms with van der Waals surface area (Å²) in [6, 6.07) is 11.4. The van der Waals surface area contributed by atoms with Crippen LogP contribution in [0, 0.1) is 5.82 Å². The van der Waals surface area contributed by atoms with Crippen LogP contribution in [-0.2, 0) is 9.53 Å². The molecule has 0 aliphatic carbocycles. The number of halogens is 3. The van der Waals surface area contributed by atoms with Gasteiger partial charge < -0.3 is 4.74 Å². The highest BCUT2D eigenvalue weighted by Gasteiger charge is 2.35. The van der Waals surface area contributed by atoms with Crippen molar-refractivity contribution < 1.29 is 13.9 Å². The third-order valence-electron chi connectivity index (χ3n) is 3.29. The van der Waals surface area contributed by atoms with Crippen LogP contribution in [0.5, 0.6) is 0 Å². The molecule has 1 amide bonds. The maximum atomic E-state index is 14.2. The average molecular weight is 398 g/mol. The van der Waals surface area contributed by atoms with Crippen LogP contribution in [0.15, 0.2) is 52.0 Å². The Morgan fingerprint density at radius 3 is 2.78 bits per heavy atom. The summed E-state index contributed by atoms with van der Waals surface area (Å²) in [5.41, 5.74) is 0.749. The van der Waals surface area contributed by atoms with Gasteiger partial charge in [0.2, 0.25) is 18.0 Å². The molecule has 0 unspecified atom stereocenters. The lowest BCUT2D eigenvalue weighted by molar-refractivity contribution is -0.135. The summed E-state index contributed by atoms with van der Waals surface area (Å²) in [6.45, 7) is 1.34. The van der Waals surface area contributed by atoms with Crippen LogP contribution >= 0.6 is 27.5 Å². The van der Waals surface area contributed by atoms with E-state index in [-0.39, 0.29) is 17.4 Å². The monoisotopic (exact) mass is 396 g/mol. The van der Waals surface area contributed by atoms with Crippen LogP contribution in [0.1, 0.15) is 24.3 Å². The Labute approximate surface area is 145 Å². The number of hydrogen-bond donors (Lipinski definition) is 0. The molecule has 23 heavy (non-hydrogen) atoms. The molecular weight excluding hydrogens is 387 g/mol. The van der Waals surface area contributed by atoms with E-state index in [4.69, 9.17) is 16.3 Å². The number of carbonyl (C=O) groups is 1. The minimum Gasteiger partial charge on any atom is -0.446 e. The summed E-state index contributed by atoms with van der Waals surface area (Å²) in [5, 5.41) is 5.70. The van der Waals surface area contributed by atoms with Crippen molar-refractivity contribution in [3.63, 3.8) is 0 Å². The number of ether oxygens (including phenoxy) is 1. The van der Waals surface area contributed by atoms with Crippen molar-refractivity contribution in [1.82, 2.24) is 5.01 Å². The van der Waals surface area contributed by atoms with E-state index >= 15 is 0 Å². The molecule has 1 atom stereocenters. The Morgan fingerprint density at radius 1 is 1.35 bits per heavy atom. The molecule has 0 spiro atoms. The molecule has 0 saturated heterocycles. The molecule has 0 N–H and O–H groups in total. The van der Waals surface area contributed by atoms with Gasteiger partial charge in [-0.1, -0.05) is 39.7 Å². The average Bonchev–Trinajstić information content (AvgIpc) is 2.95. The molecule has 4 nitrogen and oxygen atoms in total. The molecule has 2 aromatic rings. The Hall–Kier alpha value is -1.92. The Bertz CT molecular complexity index is 812. The van der Waals surface area contributed by atoms with Crippen LogP contribution in [0.4, 0.5) is 4.39 Å². The van der Waals surface area contributed by atoms with Gasteiger partial charge in [-0.2, -0.15) is 5.01 Å². The number of carbonyl (C=O) groups excluding carboxylic acids is 1. The van der Waals surface area contributed by atoms with Gasteiger partial charge in [-0.3, -0.25) is 4.79 Å². The van der Waals surface area contributed by atoms with E-state index in [9.17, 15) is 9.18 Å². The molecule has 7 heteroatoms. The fraction of sp³-hybridized carbons (Fsp3) is 0.125. The summed E-state index contributed by atoms with van der Waals surface area (Å²) in [7, 11) is 0. The molecule has 118 valence electrons. The van der Waals surface area contributed by atoms with Crippen LogP contribution in [0.25, 0.3) is 0 Å². The van der Waals surface area contributed by atoms with Gasteiger partial charge in [-0.05, 0) is 30.3 Å². The molecule has 0 fully saturated rings. The third kappa shape index (κ3) is 3.09. The van der Waals surface area contributed by atoms with Gasteiger partial charge in [0, 0.05) is 11.4 Å². The Morgan fingerprint density at radius 2 is 2.09 bits per heavy atom. The molecule has 3 rings (SSSR count). The highest BCUT2D eigenvalue weighted by Crippen LogP contribution is 2.34. The SMILES string of the molecule is CC(=O)N1N=C(c2ccccc2Cl)O[C@@H]1c1cc(Br)ccc1F. The van der Waals surface area contributed by atoms with Gasteiger partial charge in [0.15, 0.2) is 0 Å². The number of benzene rings is 2. The molecule has 1 aliphatic rings. The van der Waals surface area contributed by atoms with Gasteiger partial charge in [0.25, 0.3) is 0 Å². The fourth-order valence-corrected chi connectivity index (χ4v) is 2.81. The summed E-state index contributed by atoms with van der Waals surface area (Å²) in [4.78, 5) is 11.9. The van der Waals surface area contributed by atoms with E-state index < -0.39 is 12.0 Å². The first kappa shape index (κ1) is 16.0. The lowest BCUT2D eigenvalue weighted by atomic mass is 10.1. The first-order valence-electron chi connectivity index (χ1n) is 6.72. The smallest absolute Gasteiger partial charge is 0.243 e. The van der Waals surface area contributed by atoms with E-state index in [2.05, 4.69) is 21.0 Å². The zero-order chi connectivity index (χ0) is 16.6. The summed E-state index contributed by atoms with van der Waals surface area (Å²) < 4.78 is 20.6. The van der Waals surface area contributed by atoms with Gasteiger partial charge in [-0.15, -0.1) is 5.10 Å². The maximum absolute atomic E-state index is 14.2. The van der Waals surface area contributed by atoms with E-state index in [0.717, 1.165) is 5.01 Å². The summed E-state index contributed by atoms with van der Waals surface area (Å²) in [5.74, 6) is -0.674. The number of amides is 1. The number of hydrogen-bond acceptors (Lipinski definition) is 3. The van der Waals surface area contributed by atoms with Gasteiger partial charge in [0.05, 0.1) is 16.1 Å². The van der Waals surface area contributed by atoms with Crippen molar-refractivity contribution in [1.29, 1.82) is 0 Å². The first-order valence-corrected chi connectivity index (χ1v) is 7.89. The quantitative estimate of drug-likeness (QED) is 0.750. The number of rotatable bonds is 2. The second-order valence-electron chi connectivity index (χ2n) is 4.88. The topological polar surface area (TPSA) is 41.9 Å². The highest BCUT2D eigenvalue weighted by atomic mass is 79.9. The Balaban J connectivity index is 2.03. The van der Waals surface area contributed by atoms with E-state index in [0.29, 0.717) is 15.1 Å². The molecule has 1 aliphatic heterocycles. The molecule has 0 radical (unpaired) electrons. The van der Waals surface area contributed by atoms with E-state index in [1.807, 2.05) is 0 Å². The van der Waals surface area contributed by atoms with Gasteiger partial charge in [0.1, 0.15) is 5.82 Å². The minimum absolute atomic E-state index is 0.176. The molecule has 2 aromatic carbocycles. The Kier molecular flexibility index (Phi) is 4.37. The highest BCUT2D eigenvalue weighted by molar-refractivity contribution is 9.10. The van der Waals surface area contributed by atoms with E-state index in [1.165, 1.54) is 13.0 Å². The standard InChI is InChI=1S/C16H11BrClFN2O2/c1-9(22)21-16(12-8-10(17)6-7-14(12)19)23-15(20-21)11-4-2-3-5-13(11)18/h2-8,16H,1H3/t16-/m1/s1. The zero-order valence-corrected chi connectivity index (χ0v) is 14.3. The second-order valence-corrected chi connectivity index (χ2v) is 6.21. The van der Waals surface area contributed by atoms with Crippen molar-refractivity contribution in [2.24, 2.45) is 5.10 Å². The molecule has 0 bridgehead atoms. The van der Waals surface area contributed by atoms with Gasteiger partial charge in [-0.25, -0.2) is 4.39 Å². The third-order valence-corrected chi connectivity index (χ3v) is 4.12. The number of hydrazone groups is 1. The lowest BCUT2D eigenvalue weighted by Crippen LogP contribution is -2.26. The number of nitrogens with zero attached hydrogens (tertiary/aromatic N) is 2. The van der Waals surface area contributed by atoms with Crippen molar-refractivity contribution in [3.8, 4) is 0 Å². The summed E-state index contributed by atoms with van der Waals surface area (Å²) >= 11 is 9.42. The van der Waals surface area contributed by atoms with Crippen LogP contribution in [-0.4, -0.2) is 16.8 Å². The predicted molar refractivity (Wildman–Crippen MR) is 88.4 cm³/mol. The normalized spacial score (nSPS) is 17.0. The van der Waals surface area contributed by atoms with Gasteiger partial charge >= 0.3 is 0 Å². The van der Waals surface area contributed by atoms with Crippen molar-refractivity contribution in [2.75, 3.05) is 0 Å². The van der Waals surface area contributed by atoms with Crippen LogP contribution in [0.3, 0.4) is 0 Å².